The van der Waals surface area contributed by atoms with Gasteiger partial charge in [-0.15, -0.1) is 0 Å². The number of nitrogens with one attached hydrogen (secondary N) is 4. The predicted octanol–water partition coefficient (Wildman–Crippen LogP) is 8.26. The molecule has 2 aliphatic carbocycles. The molecule has 4 aromatic carbocycles. The molecule has 0 unspecified atom stereocenters. The summed E-state index contributed by atoms with van der Waals surface area (Å²) in [7, 11) is 0. The highest BCUT2D eigenvalue weighted by molar-refractivity contribution is 5.88. The first-order valence-electron chi connectivity index (χ1n) is 21.1. The molecular weight excluding hydrogens is 785 g/mol. The average Bonchev–Trinajstić information content (AvgIpc) is 3.86. The van der Waals surface area contributed by atoms with Gasteiger partial charge in [0.1, 0.15) is 23.7 Å². The van der Waals surface area contributed by atoms with Crippen LogP contribution in [0, 0.1) is 10.8 Å². The molecule has 2 aromatic heterocycles. The second-order valence-electron chi connectivity index (χ2n) is 17.5. The molecule has 314 valence electrons. The average molecular weight is 831 g/mol. The third kappa shape index (κ3) is 7.56. The lowest BCUT2D eigenvalue weighted by Crippen LogP contribution is -2.42. The van der Waals surface area contributed by atoms with E-state index < -0.39 is 24.3 Å². The molecule has 2 saturated carbocycles. The lowest BCUT2D eigenvalue weighted by Gasteiger charge is -2.28. The smallest absolute Gasteiger partial charge is 0.405 e. The van der Waals surface area contributed by atoms with Crippen LogP contribution in [0.15, 0.2) is 122 Å². The van der Waals surface area contributed by atoms with Gasteiger partial charge in [-0.1, -0.05) is 109 Å². The summed E-state index contributed by atoms with van der Waals surface area (Å²) in [6.45, 7) is 1.13. The Kier molecular flexibility index (Phi) is 9.65. The Morgan fingerprint density at radius 3 is 1.24 bits per heavy atom. The minimum Gasteiger partial charge on any atom is -0.465 e. The topological polar surface area (TPSA) is 197 Å². The number of aromatic amines is 2. The maximum atomic E-state index is 14.1. The number of H-pyrrole nitrogens is 2. The first kappa shape index (κ1) is 38.9. The summed E-state index contributed by atoms with van der Waals surface area (Å²) in [5.74, 6) is 0.813. The zero-order valence-corrected chi connectivity index (χ0v) is 33.8. The van der Waals surface area contributed by atoms with Crippen molar-refractivity contribution in [3.05, 3.63) is 144 Å². The van der Waals surface area contributed by atoms with Crippen LogP contribution in [-0.2, 0) is 9.59 Å². The van der Waals surface area contributed by atoms with E-state index in [9.17, 15) is 29.4 Å². The number of carboxylic acid groups (broad SMARTS) is 2. The second-order valence-corrected chi connectivity index (χ2v) is 17.5. The van der Waals surface area contributed by atoms with Crippen molar-refractivity contribution >= 4 is 24.0 Å². The molecule has 4 amide bonds. The second kappa shape index (κ2) is 15.4. The van der Waals surface area contributed by atoms with E-state index in [1.807, 2.05) is 36.4 Å². The molecule has 4 atom stereocenters. The van der Waals surface area contributed by atoms with Crippen LogP contribution in [0.3, 0.4) is 0 Å². The van der Waals surface area contributed by atoms with Gasteiger partial charge in [0.25, 0.3) is 11.8 Å². The molecule has 14 nitrogen and oxygen atoms in total. The highest BCUT2D eigenvalue weighted by Crippen LogP contribution is 2.59. The van der Waals surface area contributed by atoms with Gasteiger partial charge in [-0.3, -0.25) is 9.59 Å². The van der Waals surface area contributed by atoms with Crippen LogP contribution in [0.5, 0.6) is 0 Å². The van der Waals surface area contributed by atoms with Crippen LogP contribution in [0.2, 0.25) is 0 Å². The van der Waals surface area contributed by atoms with Gasteiger partial charge in [0.15, 0.2) is 0 Å². The standard InChI is InChI=1S/C48H46N8O6/c57-43(39(53-45(59)60)33-7-3-1-4-8-33)55-27-47(19-20-47)23-37(55)41-49-25-35(51-41)31-15-11-29(12-16-31)30-13-17-32(18-14-30)36-26-50-42(52-36)38-24-48(21-22-48)28-56(38)44(58)40(54-46(61)62)34-9-5-2-6-10-34/h1-18,25-26,37-40,53-54H,19-24,27-28H2,(H,49,51)(H,50,52)(H,59,60)(H,61,62)/t37-,38-,39+,40+/m0/s1. The van der Waals surface area contributed by atoms with Gasteiger partial charge in [0, 0.05) is 13.1 Å². The number of hydrogen-bond donors (Lipinski definition) is 6. The number of benzene rings is 4. The third-order valence-electron chi connectivity index (χ3n) is 13.3. The van der Waals surface area contributed by atoms with Crippen molar-refractivity contribution in [3.8, 4) is 33.6 Å². The number of carbonyl (C=O) groups excluding carboxylic acids is 2. The molecule has 4 aliphatic rings. The molecule has 2 saturated heterocycles. The number of amides is 4. The summed E-state index contributed by atoms with van der Waals surface area (Å²) in [4.78, 5) is 71.7. The maximum Gasteiger partial charge on any atom is 0.405 e. The quantitative estimate of drug-likeness (QED) is 0.0750. The van der Waals surface area contributed by atoms with Crippen LogP contribution >= 0.6 is 0 Å². The Balaban J connectivity index is 0.829. The monoisotopic (exact) mass is 830 g/mol. The van der Waals surface area contributed by atoms with Gasteiger partial charge in [0.2, 0.25) is 0 Å². The van der Waals surface area contributed by atoms with Crippen molar-refractivity contribution in [3.63, 3.8) is 0 Å². The summed E-state index contributed by atoms with van der Waals surface area (Å²) in [5.41, 5.74) is 6.89. The Labute approximate surface area is 357 Å². The zero-order chi connectivity index (χ0) is 42.6. The van der Waals surface area contributed by atoms with Crippen molar-refractivity contribution < 1.29 is 29.4 Å². The van der Waals surface area contributed by atoms with E-state index in [0.29, 0.717) is 35.9 Å². The Bertz CT molecular complexity index is 2450. The van der Waals surface area contributed by atoms with Gasteiger partial charge in [-0.2, -0.15) is 0 Å². The van der Waals surface area contributed by atoms with Crippen LogP contribution in [0.25, 0.3) is 33.6 Å². The van der Waals surface area contributed by atoms with Crippen molar-refractivity contribution in [1.29, 1.82) is 0 Å². The molecule has 4 fully saturated rings. The first-order valence-corrected chi connectivity index (χ1v) is 21.1. The Morgan fingerprint density at radius 1 is 0.548 bits per heavy atom. The summed E-state index contributed by atoms with van der Waals surface area (Å²) in [6, 6.07) is 31.7. The minimum atomic E-state index is -1.25. The minimum absolute atomic E-state index is 0.0426. The molecule has 2 aliphatic heterocycles. The number of hydrogen-bond acceptors (Lipinski definition) is 6. The normalized spacial score (nSPS) is 20.2. The molecule has 0 radical (unpaired) electrons. The van der Waals surface area contributed by atoms with Crippen molar-refractivity contribution in [2.24, 2.45) is 10.8 Å². The fraction of sp³-hybridized carbons (Fsp3) is 0.292. The molecular formula is C48H46N8O6. The SMILES string of the molecule is O=C(O)N[C@@H](C(=O)N1CC2(CC2)C[C@H]1c1ncc(-c2ccc(-c3ccc(-c4cnc([C@@H]5CC6(CC6)CN5C(=O)[C@H](NC(=O)O)c5ccccc5)[nH]4)cc3)cc2)[nH]1)c1ccccc1. The Hall–Kier alpha value is -7.22. The number of aromatic nitrogens is 4. The molecule has 4 heterocycles. The zero-order valence-electron chi connectivity index (χ0n) is 33.8. The van der Waals surface area contributed by atoms with Crippen LogP contribution < -0.4 is 10.6 Å². The van der Waals surface area contributed by atoms with Crippen molar-refractivity contribution in [2.45, 2.75) is 62.7 Å². The number of carbonyl (C=O) groups is 4. The van der Waals surface area contributed by atoms with E-state index in [-0.39, 0.29) is 34.7 Å². The lowest BCUT2D eigenvalue weighted by atomic mass is 10.0. The van der Waals surface area contributed by atoms with Crippen molar-refractivity contribution in [2.75, 3.05) is 13.1 Å². The summed E-state index contributed by atoms with van der Waals surface area (Å²) in [5, 5.41) is 24.1. The Morgan fingerprint density at radius 2 is 0.903 bits per heavy atom. The van der Waals surface area contributed by atoms with Gasteiger partial charge < -0.3 is 40.6 Å². The van der Waals surface area contributed by atoms with E-state index in [1.165, 1.54) is 0 Å². The number of likely N-dealkylation sites (tertiary alicyclic amines) is 2. The fourth-order valence-electron chi connectivity index (χ4n) is 9.58. The molecule has 10 rings (SSSR count). The molecule has 0 bridgehead atoms. The molecule has 62 heavy (non-hydrogen) atoms. The van der Waals surface area contributed by atoms with E-state index in [0.717, 1.165) is 72.2 Å². The largest absolute Gasteiger partial charge is 0.465 e. The van der Waals surface area contributed by atoms with Gasteiger partial charge in [-0.25, -0.2) is 19.6 Å². The molecule has 2 spiro atoms. The summed E-state index contributed by atoms with van der Waals surface area (Å²) < 4.78 is 0. The van der Waals surface area contributed by atoms with Crippen molar-refractivity contribution in [1.82, 2.24) is 40.4 Å². The van der Waals surface area contributed by atoms with E-state index in [1.54, 1.807) is 70.7 Å². The third-order valence-corrected chi connectivity index (χ3v) is 13.3. The highest BCUT2D eigenvalue weighted by atomic mass is 16.4. The summed E-state index contributed by atoms with van der Waals surface area (Å²) in [6.07, 6.45) is 6.75. The maximum absolute atomic E-state index is 14.1. The van der Waals surface area contributed by atoms with Gasteiger partial charge >= 0.3 is 12.2 Å². The number of imidazole rings is 2. The summed E-state index contributed by atoms with van der Waals surface area (Å²) >= 11 is 0. The van der Waals surface area contributed by atoms with Crippen LogP contribution in [-0.4, -0.2) is 77.0 Å². The molecule has 6 aromatic rings. The lowest BCUT2D eigenvalue weighted by molar-refractivity contribution is -0.135. The fourth-order valence-corrected chi connectivity index (χ4v) is 9.58. The first-order chi connectivity index (χ1) is 30.1. The van der Waals surface area contributed by atoms with E-state index in [4.69, 9.17) is 9.97 Å². The molecule has 6 N–H and O–H groups in total. The van der Waals surface area contributed by atoms with Gasteiger partial charge in [0.05, 0.1) is 35.9 Å². The molecule has 14 heteroatoms. The van der Waals surface area contributed by atoms with Crippen LogP contribution in [0.4, 0.5) is 9.59 Å². The highest BCUT2D eigenvalue weighted by Gasteiger charge is 2.56. The number of rotatable bonds is 11. The van der Waals surface area contributed by atoms with Crippen LogP contribution in [0.1, 0.15) is 85.5 Å². The van der Waals surface area contributed by atoms with E-state index >= 15 is 0 Å². The predicted molar refractivity (Wildman–Crippen MR) is 229 cm³/mol. The number of nitrogens with zero attached hydrogens (tertiary/aromatic N) is 4. The van der Waals surface area contributed by atoms with E-state index in [2.05, 4.69) is 44.9 Å². The van der Waals surface area contributed by atoms with Gasteiger partial charge in [-0.05, 0) is 82.7 Å².